The molecular formula is C23H22N2O3. The van der Waals surface area contributed by atoms with Crippen molar-refractivity contribution in [2.75, 3.05) is 7.05 Å². The van der Waals surface area contributed by atoms with Crippen molar-refractivity contribution in [2.24, 2.45) is 0 Å². The van der Waals surface area contributed by atoms with Crippen LogP contribution in [0.4, 0.5) is 4.79 Å². The molecule has 3 rings (SSSR count). The van der Waals surface area contributed by atoms with Crippen LogP contribution in [0.2, 0.25) is 0 Å². The number of hydrogen-bond donors (Lipinski definition) is 2. The Kier molecular flexibility index (Phi) is 6.07. The first-order valence-corrected chi connectivity index (χ1v) is 8.99. The first kappa shape index (κ1) is 19.2. The second-order valence-electron chi connectivity index (χ2n) is 6.25. The third-order valence-electron chi connectivity index (χ3n) is 4.48. The maximum absolute atomic E-state index is 13.1. The number of carbonyl (C=O) groups is 2. The summed E-state index contributed by atoms with van der Waals surface area (Å²) in [4.78, 5) is 25.7. The van der Waals surface area contributed by atoms with Crippen LogP contribution in [0.5, 0.6) is 0 Å². The van der Waals surface area contributed by atoms with Crippen LogP contribution in [0.15, 0.2) is 91.0 Å². The molecule has 0 aliphatic rings. The molecule has 142 valence electrons. The minimum atomic E-state index is -1.41. The molecule has 0 radical (unpaired) electrons. The molecule has 0 aliphatic carbocycles. The van der Waals surface area contributed by atoms with Gasteiger partial charge in [-0.3, -0.25) is 10.1 Å². The van der Waals surface area contributed by atoms with E-state index in [0.717, 1.165) is 5.56 Å². The van der Waals surface area contributed by atoms with Crippen LogP contribution < -0.4 is 10.6 Å². The molecule has 28 heavy (non-hydrogen) atoms. The summed E-state index contributed by atoms with van der Waals surface area (Å²) in [7, 11) is 1.54. The number of alkyl carbamates (subject to hydrolysis) is 1. The molecule has 5 heteroatoms. The quantitative estimate of drug-likeness (QED) is 0.693. The normalized spacial score (nSPS) is 10.8. The first-order valence-electron chi connectivity index (χ1n) is 8.99. The predicted octanol–water partition coefficient (Wildman–Crippen LogP) is 3.60. The maximum atomic E-state index is 13.1. The fourth-order valence-electron chi connectivity index (χ4n) is 3.11. The van der Waals surface area contributed by atoms with Crippen LogP contribution in [-0.4, -0.2) is 19.0 Å². The van der Waals surface area contributed by atoms with Gasteiger partial charge < -0.3 is 10.1 Å². The second kappa shape index (κ2) is 8.86. The molecule has 0 bridgehead atoms. The average Bonchev–Trinajstić information content (AvgIpc) is 2.77. The van der Waals surface area contributed by atoms with Crippen LogP contribution in [0, 0.1) is 0 Å². The highest BCUT2D eigenvalue weighted by Crippen LogP contribution is 2.30. The van der Waals surface area contributed by atoms with E-state index in [0.29, 0.717) is 11.1 Å². The SMILES string of the molecule is CNC(=O)C(NC(=O)OCc1ccccc1)(c1ccccc1)c1ccccc1. The Morgan fingerprint density at radius 1 is 0.786 bits per heavy atom. The Bertz CT molecular complexity index is 873. The number of carbonyl (C=O) groups excluding carboxylic acids is 2. The largest absolute Gasteiger partial charge is 0.445 e. The van der Waals surface area contributed by atoms with E-state index < -0.39 is 11.6 Å². The van der Waals surface area contributed by atoms with E-state index in [1.165, 1.54) is 0 Å². The molecule has 0 atom stereocenters. The van der Waals surface area contributed by atoms with Crippen LogP contribution in [-0.2, 0) is 21.7 Å². The number of ether oxygens (including phenoxy) is 1. The molecule has 3 aromatic carbocycles. The molecule has 0 heterocycles. The van der Waals surface area contributed by atoms with Gasteiger partial charge in [-0.2, -0.15) is 0 Å². The summed E-state index contributed by atoms with van der Waals surface area (Å²) in [5, 5.41) is 5.48. The molecule has 2 amide bonds. The fraction of sp³-hybridized carbons (Fsp3) is 0.130. The van der Waals surface area contributed by atoms with Crippen molar-refractivity contribution in [2.45, 2.75) is 12.1 Å². The third kappa shape index (κ3) is 4.04. The van der Waals surface area contributed by atoms with Crippen LogP contribution in [0.25, 0.3) is 0 Å². The lowest BCUT2D eigenvalue weighted by molar-refractivity contribution is -0.125. The van der Waals surface area contributed by atoms with Crippen molar-refractivity contribution in [3.05, 3.63) is 108 Å². The molecule has 0 spiro atoms. The molecule has 0 unspecified atom stereocenters. The predicted molar refractivity (Wildman–Crippen MR) is 107 cm³/mol. The topological polar surface area (TPSA) is 67.4 Å². The Morgan fingerprint density at radius 2 is 1.25 bits per heavy atom. The van der Waals surface area contributed by atoms with Gasteiger partial charge in [0.05, 0.1) is 0 Å². The van der Waals surface area contributed by atoms with Crippen molar-refractivity contribution >= 4 is 12.0 Å². The molecule has 0 saturated carbocycles. The molecular weight excluding hydrogens is 352 g/mol. The summed E-state index contributed by atoms with van der Waals surface area (Å²) in [5.41, 5.74) is 0.724. The van der Waals surface area contributed by atoms with E-state index >= 15 is 0 Å². The maximum Gasteiger partial charge on any atom is 0.408 e. The lowest BCUT2D eigenvalue weighted by Gasteiger charge is -2.33. The van der Waals surface area contributed by atoms with Crippen molar-refractivity contribution in [3.8, 4) is 0 Å². The molecule has 0 saturated heterocycles. The van der Waals surface area contributed by atoms with E-state index in [1.807, 2.05) is 66.7 Å². The number of hydrogen-bond acceptors (Lipinski definition) is 3. The Labute approximate surface area is 164 Å². The van der Waals surface area contributed by atoms with E-state index in [4.69, 9.17) is 4.74 Å². The van der Waals surface area contributed by atoms with Gasteiger partial charge in [-0.25, -0.2) is 4.79 Å². The van der Waals surface area contributed by atoms with Gasteiger partial charge in [0, 0.05) is 7.05 Å². The summed E-state index contributed by atoms with van der Waals surface area (Å²) in [6, 6.07) is 27.6. The van der Waals surface area contributed by atoms with E-state index in [9.17, 15) is 9.59 Å². The summed E-state index contributed by atoms with van der Waals surface area (Å²) in [6.07, 6.45) is -0.680. The Balaban J connectivity index is 1.96. The van der Waals surface area contributed by atoms with Crippen molar-refractivity contribution in [1.82, 2.24) is 10.6 Å². The van der Waals surface area contributed by atoms with Crippen molar-refractivity contribution in [1.29, 1.82) is 0 Å². The zero-order chi connectivity index (χ0) is 19.8. The number of likely N-dealkylation sites (N-methyl/N-ethyl adjacent to an activating group) is 1. The minimum absolute atomic E-state index is 0.111. The Hall–Kier alpha value is -3.60. The zero-order valence-corrected chi connectivity index (χ0v) is 15.6. The lowest BCUT2D eigenvalue weighted by atomic mass is 9.82. The van der Waals surface area contributed by atoms with Gasteiger partial charge in [-0.05, 0) is 16.7 Å². The minimum Gasteiger partial charge on any atom is -0.445 e. The van der Waals surface area contributed by atoms with Gasteiger partial charge in [0.25, 0.3) is 5.91 Å². The summed E-state index contributed by atoms with van der Waals surface area (Å²) >= 11 is 0. The summed E-state index contributed by atoms with van der Waals surface area (Å²) < 4.78 is 5.39. The summed E-state index contributed by atoms with van der Waals surface area (Å²) in [6.45, 7) is 0.111. The van der Waals surface area contributed by atoms with Crippen LogP contribution >= 0.6 is 0 Å². The van der Waals surface area contributed by atoms with E-state index in [-0.39, 0.29) is 12.5 Å². The van der Waals surface area contributed by atoms with Gasteiger partial charge in [0.15, 0.2) is 5.54 Å². The van der Waals surface area contributed by atoms with Gasteiger partial charge in [-0.1, -0.05) is 91.0 Å². The molecule has 0 aliphatic heterocycles. The van der Waals surface area contributed by atoms with E-state index in [1.54, 1.807) is 31.3 Å². The van der Waals surface area contributed by atoms with Crippen LogP contribution in [0.1, 0.15) is 16.7 Å². The highest BCUT2D eigenvalue weighted by atomic mass is 16.5. The number of rotatable bonds is 6. The van der Waals surface area contributed by atoms with Crippen molar-refractivity contribution < 1.29 is 14.3 Å². The van der Waals surface area contributed by atoms with Gasteiger partial charge >= 0.3 is 6.09 Å². The number of amides is 2. The number of benzene rings is 3. The second-order valence-corrected chi connectivity index (χ2v) is 6.25. The Morgan fingerprint density at radius 3 is 1.71 bits per heavy atom. The molecule has 0 fully saturated rings. The van der Waals surface area contributed by atoms with Crippen molar-refractivity contribution in [3.63, 3.8) is 0 Å². The molecule has 3 aromatic rings. The molecule has 5 nitrogen and oxygen atoms in total. The third-order valence-corrected chi connectivity index (χ3v) is 4.48. The lowest BCUT2D eigenvalue weighted by Crippen LogP contribution is -2.56. The van der Waals surface area contributed by atoms with Crippen LogP contribution in [0.3, 0.4) is 0 Å². The first-order chi connectivity index (χ1) is 13.7. The highest BCUT2D eigenvalue weighted by Gasteiger charge is 2.43. The average molecular weight is 374 g/mol. The van der Waals surface area contributed by atoms with Gasteiger partial charge in [-0.15, -0.1) is 0 Å². The van der Waals surface area contributed by atoms with E-state index in [2.05, 4.69) is 10.6 Å². The zero-order valence-electron chi connectivity index (χ0n) is 15.6. The standard InChI is InChI=1S/C23H22N2O3/c1-24-21(26)23(19-13-7-3-8-14-19,20-15-9-4-10-16-20)25-22(27)28-17-18-11-5-2-6-12-18/h2-16H,17H2,1H3,(H,24,26)(H,25,27). The number of nitrogens with one attached hydrogen (secondary N) is 2. The smallest absolute Gasteiger partial charge is 0.408 e. The molecule has 0 aromatic heterocycles. The monoisotopic (exact) mass is 374 g/mol. The fourth-order valence-corrected chi connectivity index (χ4v) is 3.11. The van der Waals surface area contributed by atoms with Gasteiger partial charge in [0.1, 0.15) is 6.61 Å². The summed E-state index contributed by atoms with van der Waals surface area (Å²) in [5.74, 6) is -0.360. The highest BCUT2D eigenvalue weighted by molar-refractivity contribution is 5.94. The van der Waals surface area contributed by atoms with Gasteiger partial charge in [0.2, 0.25) is 0 Å². The molecule has 2 N–H and O–H groups in total.